The van der Waals surface area contributed by atoms with E-state index in [1.165, 1.54) is 11.0 Å². The molecule has 1 N–H and O–H groups in total. The minimum Gasteiger partial charge on any atom is -0.497 e. The normalized spacial score (nSPS) is 10.9. The van der Waals surface area contributed by atoms with Crippen LogP contribution in [-0.4, -0.2) is 44.8 Å². The molecule has 2 aromatic heterocycles. The van der Waals surface area contributed by atoms with E-state index in [4.69, 9.17) is 4.74 Å². The predicted molar refractivity (Wildman–Crippen MR) is 129 cm³/mol. The highest BCUT2D eigenvalue weighted by atomic mass is 16.5. The molecular weight excluding hydrogens is 428 g/mol. The zero-order valence-corrected chi connectivity index (χ0v) is 18.5. The molecule has 5 rings (SSSR count). The summed E-state index contributed by atoms with van der Waals surface area (Å²) in [6.07, 6.45) is 3.96. The van der Waals surface area contributed by atoms with Gasteiger partial charge in [-0.2, -0.15) is 0 Å². The third-order valence-corrected chi connectivity index (χ3v) is 5.57. The topological polar surface area (TPSA) is 94.8 Å². The maximum absolute atomic E-state index is 13.1. The number of aromatic nitrogens is 5. The molecule has 2 heterocycles. The molecule has 0 radical (unpaired) electrons. The van der Waals surface area contributed by atoms with Crippen molar-refractivity contribution in [1.29, 1.82) is 0 Å². The van der Waals surface area contributed by atoms with Crippen LogP contribution in [0.1, 0.15) is 15.9 Å². The smallest absolute Gasteiger partial charge is 0.251 e. The van der Waals surface area contributed by atoms with Gasteiger partial charge in [0.25, 0.3) is 5.91 Å². The fourth-order valence-electron chi connectivity index (χ4n) is 3.90. The molecule has 8 heteroatoms. The van der Waals surface area contributed by atoms with E-state index in [9.17, 15) is 4.79 Å². The van der Waals surface area contributed by atoms with Crippen molar-refractivity contribution in [3.63, 3.8) is 0 Å². The summed E-state index contributed by atoms with van der Waals surface area (Å²) < 4.78 is 6.81. The van der Waals surface area contributed by atoms with Gasteiger partial charge in [-0.3, -0.25) is 9.78 Å². The van der Waals surface area contributed by atoms with Crippen LogP contribution in [0.15, 0.2) is 85.3 Å². The number of carbonyl (C=O) groups is 1. The Hall–Kier alpha value is -4.59. The summed E-state index contributed by atoms with van der Waals surface area (Å²) in [6.45, 7) is 0.492. The zero-order chi connectivity index (χ0) is 23.3. The van der Waals surface area contributed by atoms with Crippen LogP contribution in [0.5, 0.6) is 5.75 Å². The van der Waals surface area contributed by atoms with E-state index in [0.29, 0.717) is 24.2 Å². The molecule has 0 aliphatic rings. The Bertz CT molecular complexity index is 1440. The van der Waals surface area contributed by atoms with Crippen molar-refractivity contribution >= 4 is 16.8 Å². The number of methoxy groups -OCH3 is 1. The molecule has 0 unspecified atom stereocenters. The van der Waals surface area contributed by atoms with E-state index < -0.39 is 0 Å². The highest BCUT2D eigenvalue weighted by Crippen LogP contribution is 2.29. The Morgan fingerprint density at radius 3 is 2.76 bits per heavy atom. The molecule has 8 nitrogen and oxygen atoms in total. The number of fused-ring (bicyclic) bond motifs is 1. The Kier molecular flexibility index (Phi) is 5.94. The average Bonchev–Trinajstić information content (AvgIpc) is 3.43. The number of nitrogens with zero attached hydrogens (tertiary/aromatic N) is 5. The second-order valence-electron chi connectivity index (χ2n) is 7.76. The molecule has 1 amide bonds. The van der Waals surface area contributed by atoms with E-state index in [-0.39, 0.29) is 5.91 Å². The van der Waals surface area contributed by atoms with Crippen molar-refractivity contribution in [2.24, 2.45) is 0 Å². The number of benzene rings is 3. The summed E-state index contributed by atoms with van der Waals surface area (Å²) in [4.78, 5) is 17.7. The highest BCUT2D eigenvalue weighted by Gasteiger charge is 2.13. The molecule has 168 valence electrons. The van der Waals surface area contributed by atoms with Gasteiger partial charge < -0.3 is 10.1 Å². The average molecular weight is 451 g/mol. The maximum atomic E-state index is 13.1. The Labute approximate surface area is 196 Å². The summed E-state index contributed by atoms with van der Waals surface area (Å²) in [5.74, 6) is 0.624. The van der Waals surface area contributed by atoms with Crippen LogP contribution < -0.4 is 10.1 Å². The summed E-state index contributed by atoms with van der Waals surface area (Å²) in [5, 5.41) is 15.5. The number of para-hydroxylation sites is 1. The van der Waals surface area contributed by atoms with Gasteiger partial charge in [-0.25, -0.2) is 4.68 Å². The van der Waals surface area contributed by atoms with Gasteiger partial charge >= 0.3 is 0 Å². The van der Waals surface area contributed by atoms with Crippen molar-refractivity contribution < 1.29 is 9.53 Å². The first-order valence-corrected chi connectivity index (χ1v) is 10.8. The third kappa shape index (κ3) is 4.47. The van der Waals surface area contributed by atoms with Gasteiger partial charge in [-0.1, -0.05) is 36.4 Å². The fraction of sp³-hybridized carbons (Fsp3) is 0.115. The van der Waals surface area contributed by atoms with Gasteiger partial charge in [0.2, 0.25) is 0 Å². The standard InChI is InChI=1S/C26H22N6O2/c1-34-23-8-2-5-18(13-23)10-12-28-26(33)21-14-20(15-22(16-21)32-17-29-30-31-32)24-9-3-6-19-7-4-11-27-25(19)24/h2-9,11,13-17H,10,12H2,1H3,(H,28,33). The molecule has 3 aromatic carbocycles. The van der Waals surface area contributed by atoms with Crippen LogP contribution in [0.3, 0.4) is 0 Å². The number of ether oxygens (including phenoxy) is 1. The van der Waals surface area contributed by atoms with Crippen LogP contribution in [0, 0.1) is 0 Å². The number of hydrogen-bond acceptors (Lipinski definition) is 6. The Morgan fingerprint density at radius 2 is 1.91 bits per heavy atom. The lowest BCUT2D eigenvalue weighted by molar-refractivity contribution is 0.0954. The molecule has 0 aliphatic heterocycles. The molecule has 34 heavy (non-hydrogen) atoms. The van der Waals surface area contributed by atoms with Gasteiger partial charge in [-0.05, 0) is 64.4 Å². The molecule has 0 saturated carbocycles. The first kappa shape index (κ1) is 21.3. The van der Waals surface area contributed by atoms with E-state index >= 15 is 0 Å². The van der Waals surface area contributed by atoms with Gasteiger partial charge in [0.15, 0.2) is 0 Å². The van der Waals surface area contributed by atoms with Crippen LogP contribution in [-0.2, 0) is 6.42 Å². The summed E-state index contributed by atoms with van der Waals surface area (Å²) >= 11 is 0. The highest BCUT2D eigenvalue weighted by molar-refractivity contribution is 5.99. The number of nitrogens with one attached hydrogen (secondary N) is 1. The molecule has 5 aromatic rings. The molecular formula is C26H22N6O2. The second kappa shape index (κ2) is 9.50. The number of carbonyl (C=O) groups excluding carboxylic acids is 1. The Balaban J connectivity index is 1.45. The second-order valence-corrected chi connectivity index (χ2v) is 7.76. The lowest BCUT2D eigenvalue weighted by Gasteiger charge is -2.12. The van der Waals surface area contributed by atoms with Gasteiger partial charge in [0.05, 0.1) is 18.3 Å². The van der Waals surface area contributed by atoms with Crippen molar-refractivity contribution in [1.82, 2.24) is 30.5 Å². The summed E-state index contributed by atoms with van der Waals surface area (Å²) in [6, 6.07) is 23.3. The van der Waals surface area contributed by atoms with Crippen LogP contribution in [0.25, 0.3) is 27.7 Å². The van der Waals surface area contributed by atoms with Crippen molar-refractivity contribution in [3.8, 4) is 22.6 Å². The number of amides is 1. The van der Waals surface area contributed by atoms with Crippen LogP contribution in [0.2, 0.25) is 0 Å². The van der Waals surface area contributed by atoms with Gasteiger partial charge in [0.1, 0.15) is 12.1 Å². The first-order valence-electron chi connectivity index (χ1n) is 10.8. The van der Waals surface area contributed by atoms with E-state index in [1.807, 2.05) is 66.7 Å². The van der Waals surface area contributed by atoms with Crippen molar-refractivity contribution in [2.45, 2.75) is 6.42 Å². The van der Waals surface area contributed by atoms with E-state index in [1.54, 1.807) is 19.4 Å². The molecule has 0 atom stereocenters. The van der Waals surface area contributed by atoms with E-state index in [0.717, 1.165) is 33.3 Å². The lowest BCUT2D eigenvalue weighted by atomic mass is 9.99. The molecule has 0 aliphatic carbocycles. The molecule has 0 bridgehead atoms. The number of rotatable bonds is 7. The summed E-state index contributed by atoms with van der Waals surface area (Å²) in [5.41, 5.74) is 4.94. The SMILES string of the molecule is COc1cccc(CCNC(=O)c2cc(-c3cccc4cccnc34)cc(-n3cnnn3)c2)c1. The van der Waals surface area contributed by atoms with Gasteiger partial charge in [0, 0.05) is 29.3 Å². The third-order valence-electron chi connectivity index (χ3n) is 5.57. The van der Waals surface area contributed by atoms with Crippen molar-refractivity contribution in [3.05, 3.63) is 96.4 Å². The maximum Gasteiger partial charge on any atom is 0.251 e. The Morgan fingerprint density at radius 1 is 1.03 bits per heavy atom. The first-order chi connectivity index (χ1) is 16.7. The number of hydrogen-bond donors (Lipinski definition) is 1. The van der Waals surface area contributed by atoms with Gasteiger partial charge in [-0.15, -0.1) is 5.10 Å². The minimum atomic E-state index is -0.174. The minimum absolute atomic E-state index is 0.174. The summed E-state index contributed by atoms with van der Waals surface area (Å²) in [7, 11) is 1.64. The molecule has 0 fully saturated rings. The fourth-order valence-corrected chi connectivity index (χ4v) is 3.90. The monoisotopic (exact) mass is 450 g/mol. The van der Waals surface area contributed by atoms with Crippen molar-refractivity contribution in [2.75, 3.05) is 13.7 Å². The molecule has 0 spiro atoms. The number of pyridine rings is 1. The quantitative estimate of drug-likeness (QED) is 0.405. The van der Waals surface area contributed by atoms with Crippen LogP contribution >= 0.6 is 0 Å². The largest absolute Gasteiger partial charge is 0.497 e. The predicted octanol–water partition coefficient (Wildman–Crippen LogP) is 3.86. The van der Waals surface area contributed by atoms with E-state index in [2.05, 4.69) is 25.8 Å². The van der Waals surface area contributed by atoms with Crippen LogP contribution in [0.4, 0.5) is 0 Å². The molecule has 0 saturated heterocycles. The lowest BCUT2D eigenvalue weighted by Crippen LogP contribution is -2.26. The number of tetrazole rings is 1. The zero-order valence-electron chi connectivity index (χ0n) is 18.5.